The van der Waals surface area contributed by atoms with E-state index in [-0.39, 0.29) is 21.5 Å². The van der Waals surface area contributed by atoms with Crippen LogP contribution in [0.1, 0.15) is 15.9 Å². The number of ketones is 1. The van der Waals surface area contributed by atoms with Gasteiger partial charge in [-0.15, -0.1) is 0 Å². The van der Waals surface area contributed by atoms with Gasteiger partial charge in [0.2, 0.25) is 0 Å². The Morgan fingerprint density at radius 2 is 1.95 bits per heavy atom. The molecule has 0 fully saturated rings. The van der Waals surface area contributed by atoms with E-state index in [9.17, 15) is 4.79 Å². The number of hydrogen-bond acceptors (Lipinski definition) is 3. The molecule has 6 heteroatoms. The summed E-state index contributed by atoms with van der Waals surface area (Å²) in [5.41, 5.74) is 6.84. The predicted octanol–water partition coefficient (Wildman–Crippen LogP) is 4.42. The molecule has 2 aromatic rings. The van der Waals surface area contributed by atoms with E-state index in [1.807, 2.05) is 6.07 Å². The molecule has 0 aromatic heterocycles. The summed E-state index contributed by atoms with van der Waals surface area (Å²) in [6.07, 6.45) is 0. The Bertz CT molecular complexity index is 666. The van der Waals surface area contributed by atoms with Crippen LogP contribution < -0.4 is 10.5 Å². The first-order valence-corrected chi connectivity index (χ1v) is 7.40. The quantitative estimate of drug-likeness (QED) is 0.453. The Morgan fingerprint density at radius 3 is 2.55 bits per heavy atom. The minimum atomic E-state index is -0.217. The zero-order chi connectivity index (χ0) is 14.9. The summed E-state index contributed by atoms with van der Waals surface area (Å²) < 4.78 is 6.14. The fourth-order valence-corrected chi connectivity index (χ4v) is 2.58. The van der Waals surface area contributed by atoms with Crippen LogP contribution in [-0.4, -0.2) is 12.9 Å². The number of nitrogen functional groups attached to an aromatic ring is 1. The van der Waals surface area contributed by atoms with Crippen LogP contribution in [0.3, 0.4) is 0 Å². The Balaban J connectivity index is 2.54. The summed E-state index contributed by atoms with van der Waals surface area (Å²) in [5.74, 6) is 0.283. The second-order valence-corrected chi connectivity index (χ2v) is 6.07. The van der Waals surface area contributed by atoms with E-state index in [1.165, 1.54) is 19.2 Å². The summed E-state index contributed by atoms with van der Waals surface area (Å²) in [6.45, 7) is 0. The monoisotopic (exact) mass is 421 g/mol. The number of carbonyl (C=O) groups excluding carboxylic acids is 1. The van der Waals surface area contributed by atoms with E-state index in [4.69, 9.17) is 33.7 Å². The maximum atomic E-state index is 12.6. The van der Waals surface area contributed by atoms with Crippen LogP contribution in [0.2, 0.25) is 10.0 Å². The molecule has 104 valence electrons. The highest BCUT2D eigenvalue weighted by molar-refractivity contribution is 14.1. The lowest BCUT2D eigenvalue weighted by Crippen LogP contribution is -2.05. The number of halogens is 3. The average Bonchev–Trinajstić information content (AvgIpc) is 2.43. The van der Waals surface area contributed by atoms with Crippen molar-refractivity contribution in [2.75, 3.05) is 12.8 Å². The van der Waals surface area contributed by atoms with Crippen LogP contribution in [0.4, 0.5) is 5.69 Å². The first kappa shape index (κ1) is 15.4. The topological polar surface area (TPSA) is 52.3 Å². The van der Waals surface area contributed by atoms with Gasteiger partial charge in [-0.2, -0.15) is 0 Å². The number of nitrogens with two attached hydrogens (primary N) is 1. The van der Waals surface area contributed by atoms with Crippen molar-refractivity contribution in [1.29, 1.82) is 0 Å². The van der Waals surface area contributed by atoms with Gasteiger partial charge in [0.15, 0.2) is 5.78 Å². The molecule has 2 aromatic carbocycles. The van der Waals surface area contributed by atoms with Gasteiger partial charge in [-0.05, 0) is 52.9 Å². The van der Waals surface area contributed by atoms with Crippen molar-refractivity contribution in [2.24, 2.45) is 0 Å². The fraction of sp³-hybridized carbons (Fsp3) is 0.0714. The molecule has 0 radical (unpaired) electrons. The number of anilines is 1. The molecule has 2 rings (SSSR count). The first-order chi connectivity index (χ1) is 9.43. The lowest BCUT2D eigenvalue weighted by atomic mass is 10.0. The Hall–Kier alpha value is -0.980. The normalized spacial score (nSPS) is 10.4. The van der Waals surface area contributed by atoms with E-state index in [0.29, 0.717) is 16.9 Å². The van der Waals surface area contributed by atoms with Gasteiger partial charge in [-0.3, -0.25) is 4.79 Å². The number of benzene rings is 2. The highest BCUT2D eigenvalue weighted by Gasteiger charge is 2.17. The van der Waals surface area contributed by atoms with Crippen molar-refractivity contribution < 1.29 is 9.53 Å². The fourth-order valence-electron chi connectivity index (χ4n) is 1.75. The molecule has 0 aliphatic heterocycles. The van der Waals surface area contributed by atoms with Crippen molar-refractivity contribution >= 4 is 57.3 Å². The van der Waals surface area contributed by atoms with Gasteiger partial charge < -0.3 is 10.5 Å². The third-order valence-corrected chi connectivity index (χ3v) is 4.21. The third kappa shape index (κ3) is 3.02. The maximum absolute atomic E-state index is 12.6. The molecular weight excluding hydrogens is 412 g/mol. The van der Waals surface area contributed by atoms with E-state index in [0.717, 1.165) is 3.57 Å². The molecule has 0 saturated carbocycles. The van der Waals surface area contributed by atoms with Gasteiger partial charge in [0.05, 0.1) is 28.4 Å². The largest absolute Gasteiger partial charge is 0.496 e. The number of carbonyl (C=O) groups is 1. The molecule has 0 bridgehead atoms. The summed E-state index contributed by atoms with van der Waals surface area (Å²) in [5, 5.41) is 0.498. The lowest BCUT2D eigenvalue weighted by molar-refractivity contribution is 0.103. The smallest absolute Gasteiger partial charge is 0.196 e. The molecule has 0 aliphatic rings. The van der Waals surface area contributed by atoms with Crippen LogP contribution in [0.15, 0.2) is 30.3 Å². The molecule has 0 unspecified atom stereocenters. The average molecular weight is 422 g/mol. The zero-order valence-electron chi connectivity index (χ0n) is 10.4. The van der Waals surface area contributed by atoms with E-state index in [2.05, 4.69) is 22.6 Å². The van der Waals surface area contributed by atoms with Gasteiger partial charge in [0.25, 0.3) is 0 Å². The Labute approximate surface area is 140 Å². The highest BCUT2D eigenvalue weighted by atomic mass is 127. The van der Waals surface area contributed by atoms with Crippen molar-refractivity contribution in [3.63, 3.8) is 0 Å². The minimum absolute atomic E-state index is 0.217. The van der Waals surface area contributed by atoms with E-state index >= 15 is 0 Å². The first-order valence-electron chi connectivity index (χ1n) is 5.56. The SMILES string of the molecule is COc1ccc(I)cc1C(=O)c1cc(N)c(Cl)c(Cl)c1. The summed E-state index contributed by atoms with van der Waals surface area (Å²) in [4.78, 5) is 12.6. The number of methoxy groups -OCH3 is 1. The van der Waals surface area contributed by atoms with Crippen LogP contribution >= 0.6 is 45.8 Å². The van der Waals surface area contributed by atoms with Crippen LogP contribution in [0.25, 0.3) is 0 Å². The van der Waals surface area contributed by atoms with Crippen molar-refractivity contribution in [3.8, 4) is 5.75 Å². The van der Waals surface area contributed by atoms with Crippen molar-refractivity contribution in [3.05, 3.63) is 55.1 Å². The molecule has 20 heavy (non-hydrogen) atoms. The second-order valence-electron chi connectivity index (χ2n) is 4.04. The zero-order valence-corrected chi connectivity index (χ0v) is 14.1. The molecule has 3 nitrogen and oxygen atoms in total. The van der Waals surface area contributed by atoms with Crippen molar-refractivity contribution in [1.82, 2.24) is 0 Å². The van der Waals surface area contributed by atoms with Crippen molar-refractivity contribution in [2.45, 2.75) is 0 Å². The molecule has 0 heterocycles. The summed E-state index contributed by atoms with van der Waals surface area (Å²) in [6, 6.07) is 8.37. The molecule has 0 aliphatic carbocycles. The predicted molar refractivity (Wildman–Crippen MR) is 90.0 cm³/mol. The maximum Gasteiger partial charge on any atom is 0.196 e. The highest BCUT2D eigenvalue weighted by Crippen LogP contribution is 2.31. The molecule has 0 amide bonds. The van der Waals surface area contributed by atoms with Gasteiger partial charge in [-0.1, -0.05) is 23.2 Å². The summed E-state index contributed by atoms with van der Waals surface area (Å²) in [7, 11) is 1.52. The number of ether oxygens (including phenoxy) is 1. The van der Waals surface area contributed by atoms with Gasteiger partial charge >= 0.3 is 0 Å². The molecule has 0 saturated heterocycles. The lowest BCUT2D eigenvalue weighted by Gasteiger charge is -2.10. The van der Waals surface area contributed by atoms with Crippen LogP contribution in [0.5, 0.6) is 5.75 Å². The molecular formula is C14H10Cl2INO2. The third-order valence-electron chi connectivity index (χ3n) is 2.72. The van der Waals surface area contributed by atoms with Gasteiger partial charge in [0.1, 0.15) is 5.75 Å². The standard InChI is InChI=1S/C14H10Cl2INO2/c1-20-12-3-2-8(17)6-9(12)14(19)7-4-10(15)13(16)11(18)5-7/h2-6H,18H2,1H3. The molecule has 0 atom stereocenters. The number of rotatable bonds is 3. The van der Waals surface area contributed by atoms with Gasteiger partial charge in [0, 0.05) is 9.13 Å². The Kier molecular flexibility index (Phi) is 4.78. The Morgan fingerprint density at radius 1 is 1.25 bits per heavy atom. The molecule has 0 spiro atoms. The van der Waals surface area contributed by atoms with Crippen LogP contribution in [-0.2, 0) is 0 Å². The van der Waals surface area contributed by atoms with E-state index in [1.54, 1.807) is 12.1 Å². The number of hydrogen-bond donors (Lipinski definition) is 1. The second kappa shape index (κ2) is 6.20. The summed E-state index contributed by atoms with van der Waals surface area (Å²) >= 11 is 14.0. The van der Waals surface area contributed by atoms with E-state index < -0.39 is 0 Å². The minimum Gasteiger partial charge on any atom is -0.496 e. The van der Waals surface area contributed by atoms with Crippen LogP contribution in [0, 0.1) is 3.57 Å². The van der Waals surface area contributed by atoms with Gasteiger partial charge in [-0.25, -0.2) is 0 Å². The molecule has 2 N–H and O–H groups in total.